The van der Waals surface area contributed by atoms with Crippen LogP contribution in [0.5, 0.6) is 5.75 Å². The maximum Gasteiger partial charge on any atom is 0.264 e. The van der Waals surface area contributed by atoms with Gasteiger partial charge >= 0.3 is 0 Å². The lowest BCUT2D eigenvalue weighted by atomic mass is 9.90. The highest BCUT2D eigenvalue weighted by molar-refractivity contribution is 7.10. The van der Waals surface area contributed by atoms with Crippen LogP contribution in [-0.4, -0.2) is 35.8 Å². The number of halogens is 5. The molecule has 2 aliphatic rings. The van der Waals surface area contributed by atoms with Gasteiger partial charge in [-0.3, -0.25) is 24.2 Å². The molecule has 3 amide bonds. The van der Waals surface area contributed by atoms with Crippen LogP contribution in [0.2, 0.25) is 25.1 Å². The van der Waals surface area contributed by atoms with Gasteiger partial charge < -0.3 is 4.74 Å². The van der Waals surface area contributed by atoms with E-state index < -0.39 is 29.8 Å². The topological polar surface area (TPSA) is 66.9 Å². The first-order chi connectivity index (χ1) is 16.2. The standard InChI is InChI=1S/C22H11Cl5N2O4S/c1-33-10-5-4-8(7-9(10)23)28-18(11-3-2-6-34-11)19(22(28)32)29-20(30)12-13(21(29)31)15(25)17(27)16(26)14(12)24/h2-7,18-19H,1H3/t18-,19+/m1/s1. The highest BCUT2D eigenvalue weighted by atomic mass is 35.5. The summed E-state index contributed by atoms with van der Waals surface area (Å²) in [7, 11) is 1.48. The van der Waals surface area contributed by atoms with Crippen molar-refractivity contribution in [1.82, 2.24) is 4.90 Å². The first kappa shape index (κ1) is 23.7. The van der Waals surface area contributed by atoms with Crippen molar-refractivity contribution in [2.75, 3.05) is 12.0 Å². The zero-order chi connectivity index (χ0) is 24.5. The minimum Gasteiger partial charge on any atom is -0.495 e. The molecular formula is C22H11Cl5N2O4S. The number of rotatable bonds is 4. The minimum absolute atomic E-state index is 0.140. The van der Waals surface area contributed by atoms with E-state index in [-0.39, 0.29) is 31.2 Å². The van der Waals surface area contributed by atoms with Crippen molar-refractivity contribution in [2.45, 2.75) is 12.1 Å². The molecule has 0 aliphatic carbocycles. The third kappa shape index (κ3) is 3.26. The number of fused-ring (bicyclic) bond motifs is 1. The van der Waals surface area contributed by atoms with Crippen molar-refractivity contribution >= 4 is 92.8 Å². The molecule has 2 atom stereocenters. The number of carbonyl (C=O) groups is 3. The van der Waals surface area contributed by atoms with E-state index in [0.29, 0.717) is 16.5 Å². The van der Waals surface area contributed by atoms with Gasteiger partial charge in [-0.15, -0.1) is 11.3 Å². The summed E-state index contributed by atoms with van der Waals surface area (Å²) < 4.78 is 5.19. The Morgan fingerprint density at radius 2 is 1.44 bits per heavy atom. The molecule has 34 heavy (non-hydrogen) atoms. The molecule has 5 rings (SSSR count). The number of ether oxygens (including phenoxy) is 1. The summed E-state index contributed by atoms with van der Waals surface area (Å²) in [6, 6.07) is 6.75. The number of β-lactam (4-membered cyclic amide) rings is 1. The summed E-state index contributed by atoms with van der Waals surface area (Å²) in [5.74, 6) is -1.56. The normalized spacial score (nSPS) is 19.5. The smallest absolute Gasteiger partial charge is 0.264 e. The number of methoxy groups -OCH3 is 1. The van der Waals surface area contributed by atoms with Gasteiger partial charge in [-0.05, 0) is 29.6 Å². The molecule has 0 spiro atoms. The van der Waals surface area contributed by atoms with Gasteiger partial charge in [0, 0.05) is 10.6 Å². The molecule has 0 radical (unpaired) electrons. The number of hydrogen-bond donors (Lipinski definition) is 0. The van der Waals surface area contributed by atoms with E-state index in [1.165, 1.54) is 23.3 Å². The molecule has 2 aliphatic heterocycles. The van der Waals surface area contributed by atoms with Crippen molar-refractivity contribution < 1.29 is 19.1 Å². The summed E-state index contributed by atoms with van der Waals surface area (Å²) in [6.07, 6.45) is 0. The van der Waals surface area contributed by atoms with E-state index in [9.17, 15) is 14.4 Å². The van der Waals surface area contributed by atoms with E-state index in [0.717, 1.165) is 9.78 Å². The van der Waals surface area contributed by atoms with Gasteiger partial charge in [0.1, 0.15) is 17.8 Å². The SMILES string of the molecule is COc1ccc(N2C(=O)[C@@H](N3C(=O)c4c(Cl)c(Cl)c(Cl)c(Cl)c4C3=O)[C@H]2c2cccs2)cc1Cl. The molecule has 0 saturated carbocycles. The van der Waals surface area contributed by atoms with Crippen molar-refractivity contribution in [3.8, 4) is 5.75 Å². The van der Waals surface area contributed by atoms with Gasteiger partial charge in [-0.25, -0.2) is 0 Å². The predicted octanol–water partition coefficient (Wildman–Crippen LogP) is 6.78. The Morgan fingerprint density at radius 1 is 0.824 bits per heavy atom. The molecule has 174 valence electrons. The summed E-state index contributed by atoms with van der Waals surface area (Å²) in [5.41, 5.74) is 0.147. The Balaban J connectivity index is 1.60. The van der Waals surface area contributed by atoms with Crippen molar-refractivity contribution in [3.63, 3.8) is 0 Å². The Hall–Kier alpha value is -2.00. The van der Waals surface area contributed by atoms with Crippen LogP contribution >= 0.6 is 69.3 Å². The second kappa shape index (κ2) is 8.59. The molecule has 0 unspecified atom stereocenters. The highest BCUT2D eigenvalue weighted by Crippen LogP contribution is 2.50. The van der Waals surface area contributed by atoms with Gasteiger partial charge in [0.15, 0.2) is 0 Å². The number of benzene rings is 2. The minimum atomic E-state index is -1.13. The lowest BCUT2D eigenvalue weighted by Crippen LogP contribution is -2.67. The summed E-state index contributed by atoms with van der Waals surface area (Å²) in [4.78, 5) is 43.3. The van der Waals surface area contributed by atoms with Crippen LogP contribution in [0.15, 0.2) is 35.7 Å². The summed E-state index contributed by atoms with van der Waals surface area (Å²) in [6.45, 7) is 0. The molecule has 0 N–H and O–H groups in total. The van der Waals surface area contributed by atoms with Gasteiger partial charge in [0.2, 0.25) is 0 Å². The number of imide groups is 1. The Kier molecular flexibility index (Phi) is 5.99. The average molecular weight is 577 g/mol. The van der Waals surface area contributed by atoms with E-state index in [1.807, 2.05) is 17.5 Å². The monoisotopic (exact) mass is 574 g/mol. The van der Waals surface area contributed by atoms with Crippen LogP contribution < -0.4 is 9.64 Å². The largest absolute Gasteiger partial charge is 0.495 e. The van der Waals surface area contributed by atoms with Gasteiger partial charge in [-0.1, -0.05) is 64.1 Å². The zero-order valence-corrected chi connectivity index (χ0v) is 21.5. The van der Waals surface area contributed by atoms with E-state index in [4.69, 9.17) is 62.7 Å². The van der Waals surface area contributed by atoms with Gasteiger partial charge in [0.05, 0.1) is 43.3 Å². The number of amides is 3. The number of carbonyl (C=O) groups excluding carboxylic acids is 3. The number of anilines is 1. The molecular weight excluding hydrogens is 566 g/mol. The molecule has 3 heterocycles. The van der Waals surface area contributed by atoms with Crippen LogP contribution in [0.4, 0.5) is 5.69 Å². The number of thiophene rings is 1. The van der Waals surface area contributed by atoms with Crippen LogP contribution in [-0.2, 0) is 4.79 Å². The molecule has 12 heteroatoms. The second-order valence-electron chi connectivity index (χ2n) is 7.42. The van der Waals surface area contributed by atoms with Crippen molar-refractivity contribution in [2.24, 2.45) is 0 Å². The molecule has 6 nitrogen and oxygen atoms in total. The van der Waals surface area contributed by atoms with Crippen LogP contribution in [0, 0.1) is 0 Å². The van der Waals surface area contributed by atoms with Crippen LogP contribution in [0.1, 0.15) is 31.6 Å². The van der Waals surface area contributed by atoms with Gasteiger partial charge in [-0.2, -0.15) is 0 Å². The fourth-order valence-electron chi connectivity index (χ4n) is 4.18. The van der Waals surface area contributed by atoms with Crippen LogP contribution in [0.25, 0.3) is 0 Å². The third-order valence-corrected chi connectivity index (χ3v) is 8.77. The Labute approximate surface area is 222 Å². The van der Waals surface area contributed by atoms with E-state index in [2.05, 4.69) is 0 Å². The van der Waals surface area contributed by atoms with Crippen molar-refractivity contribution in [1.29, 1.82) is 0 Å². The third-order valence-electron chi connectivity index (χ3n) is 5.73. The molecule has 0 bridgehead atoms. The summed E-state index contributed by atoms with van der Waals surface area (Å²) >= 11 is 32.4. The highest BCUT2D eigenvalue weighted by Gasteiger charge is 2.58. The number of hydrogen-bond acceptors (Lipinski definition) is 5. The quantitative estimate of drug-likeness (QED) is 0.149. The molecule has 2 aromatic carbocycles. The molecule has 1 saturated heterocycles. The summed E-state index contributed by atoms with van der Waals surface area (Å²) in [5, 5.41) is 1.49. The Bertz CT molecular complexity index is 1350. The average Bonchev–Trinajstić information content (AvgIpc) is 3.42. The second-order valence-corrected chi connectivity index (χ2v) is 10.3. The molecule has 1 fully saturated rings. The Morgan fingerprint density at radius 3 is 1.94 bits per heavy atom. The van der Waals surface area contributed by atoms with Crippen molar-refractivity contribution in [3.05, 3.63) is 76.8 Å². The maximum atomic E-state index is 13.5. The zero-order valence-electron chi connectivity index (χ0n) is 16.9. The maximum absolute atomic E-state index is 13.5. The van der Waals surface area contributed by atoms with Crippen LogP contribution in [0.3, 0.4) is 0 Å². The fraction of sp³-hybridized carbons (Fsp3) is 0.136. The fourth-order valence-corrected chi connectivity index (χ4v) is 6.29. The van der Waals surface area contributed by atoms with E-state index in [1.54, 1.807) is 18.2 Å². The first-order valence-corrected chi connectivity index (χ1v) is 12.4. The molecule has 1 aromatic heterocycles. The molecule has 3 aromatic rings. The van der Waals surface area contributed by atoms with E-state index >= 15 is 0 Å². The lowest BCUT2D eigenvalue weighted by molar-refractivity contribution is -0.130. The predicted molar refractivity (Wildman–Crippen MR) is 133 cm³/mol. The number of nitrogens with zero attached hydrogens (tertiary/aromatic N) is 2. The van der Waals surface area contributed by atoms with Gasteiger partial charge in [0.25, 0.3) is 17.7 Å². The first-order valence-electron chi connectivity index (χ1n) is 9.62. The lowest BCUT2D eigenvalue weighted by Gasteiger charge is -2.49.